The van der Waals surface area contributed by atoms with Crippen LogP contribution in [0.1, 0.15) is 28.5 Å². The van der Waals surface area contributed by atoms with Gasteiger partial charge >= 0.3 is 5.97 Å². The van der Waals surface area contributed by atoms with E-state index >= 15 is 0 Å². The second-order valence-corrected chi connectivity index (χ2v) is 4.61. The molecule has 2 rings (SSSR count). The maximum absolute atomic E-state index is 11.8. The van der Waals surface area contributed by atoms with Crippen LogP contribution in [0.4, 0.5) is 11.4 Å². The van der Waals surface area contributed by atoms with Gasteiger partial charge in [-0.25, -0.2) is 4.79 Å². The summed E-state index contributed by atoms with van der Waals surface area (Å²) in [5.74, 6) is -0.410. The molecular formula is C16H19N3O2. The molecule has 0 saturated heterocycles. The molecule has 0 bridgehead atoms. The molecule has 0 aliphatic carbocycles. The number of aryl methyl sites for hydroxylation is 1. The van der Waals surface area contributed by atoms with Crippen LogP contribution in [0.15, 0.2) is 36.5 Å². The summed E-state index contributed by atoms with van der Waals surface area (Å²) in [6.45, 7) is 4.63. The zero-order valence-electron chi connectivity index (χ0n) is 12.2. The van der Waals surface area contributed by atoms with E-state index in [1.807, 2.05) is 25.1 Å². The molecule has 0 fully saturated rings. The zero-order valence-corrected chi connectivity index (χ0v) is 12.2. The van der Waals surface area contributed by atoms with Gasteiger partial charge in [0.15, 0.2) is 0 Å². The monoisotopic (exact) mass is 285 g/mol. The van der Waals surface area contributed by atoms with Crippen molar-refractivity contribution < 1.29 is 9.53 Å². The Labute approximate surface area is 124 Å². The number of ether oxygens (including phenoxy) is 1. The Morgan fingerprint density at radius 2 is 2.14 bits per heavy atom. The number of anilines is 2. The van der Waals surface area contributed by atoms with Crippen molar-refractivity contribution >= 4 is 17.3 Å². The number of para-hydroxylation sites is 1. The quantitative estimate of drug-likeness (QED) is 0.652. The molecule has 1 aromatic carbocycles. The van der Waals surface area contributed by atoms with Gasteiger partial charge in [-0.05, 0) is 37.6 Å². The Balaban J connectivity index is 2.16. The average Bonchev–Trinajstić information content (AvgIpc) is 2.48. The summed E-state index contributed by atoms with van der Waals surface area (Å²) in [6, 6.07) is 9.16. The molecule has 0 atom stereocenters. The SMILES string of the molecule is CCOC(=O)c1cccc(NCc2ncccc2C)c1N. The Bertz CT molecular complexity index is 641. The first kappa shape index (κ1) is 14.8. The van der Waals surface area contributed by atoms with Gasteiger partial charge in [0, 0.05) is 6.20 Å². The van der Waals surface area contributed by atoms with Crippen molar-refractivity contribution in [2.45, 2.75) is 20.4 Å². The zero-order chi connectivity index (χ0) is 15.2. The number of nitrogens with zero attached hydrogens (tertiary/aromatic N) is 1. The van der Waals surface area contributed by atoms with Gasteiger partial charge in [-0.1, -0.05) is 12.1 Å². The number of carbonyl (C=O) groups excluding carboxylic acids is 1. The molecule has 0 spiro atoms. The third-order valence-corrected chi connectivity index (χ3v) is 3.17. The molecule has 110 valence electrons. The fourth-order valence-electron chi connectivity index (χ4n) is 1.99. The van der Waals surface area contributed by atoms with Gasteiger partial charge in [-0.2, -0.15) is 0 Å². The van der Waals surface area contributed by atoms with Crippen molar-refractivity contribution in [1.82, 2.24) is 4.98 Å². The van der Waals surface area contributed by atoms with E-state index in [4.69, 9.17) is 10.5 Å². The molecule has 2 aromatic rings. The molecule has 0 aliphatic heterocycles. The Morgan fingerprint density at radius 3 is 2.86 bits per heavy atom. The number of nitrogen functional groups attached to an aromatic ring is 1. The topological polar surface area (TPSA) is 77.2 Å². The standard InChI is InChI=1S/C16H19N3O2/c1-3-21-16(20)12-7-4-8-13(15(12)17)19-10-14-11(2)6-5-9-18-14/h4-9,19H,3,10,17H2,1-2H3. The lowest BCUT2D eigenvalue weighted by Crippen LogP contribution is -2.11. The molecule has 1 aromatic heterocycles. The molecule has 5 nitrogen and oxygen atoms in total. The highest BCUT2D eigenvalue weighted by atomic mass is 16.5. The second kappa shape index (κ2) is 6.74. The highest BCUT2D eigenvalue weighted by molar-refractivity contribution is 5.98. The molecule has 5 heteroatoms. The third kappa shape index (κ3) is 3.51. The summed E-state index contributed by atoms with van der Waals surface area (Å²) < 4.78 is 4.99. The van der Waals surface area contributed by atoms with Crippen molar-refractivity contribution in [3.63, 3.8) is 0 Å². The van der Waals surface area contributed by atoms with E-state index in [0.29, 0.717) is 30.1 Å². The van der Waals surface area contributed by atoms with E-state index in [0.717, 1.165) is 11.3 Å². The number of benzene rings is 1. The van der Waals surface area contributed by atoms with E-state index in [-0.39, 0.29) is 0 Å². The molecule has 1 heterocycles. The molecule has 0 radical (unpaired) electrons. The minimum Gasteiger partial charge on any atom is -0.462 e. The van der Waals surface area contributed by atoms with E-state index in [1.165, 1.54) is 0 Å². The first-order chi connectivity index (χ1) is 10.1. The van der Waals surface area contributed by atoms with E-state index in [9.17, 15) is 4.79 Å². The van der Waals surface area contributed by atoms with Crippen molar-refractivity contribution in [2.75, 3.05) is 17.7 Å². The number of hydrogen-bond acceptors (Lipinski definition) is 5. The average molecular weight is 285 g/mol. The lowest BCUT2D eigenvalue weighted by atomic mass is 10.1. The fraction of sp³-hybridized carbons (Fsp3) is 0.250. The molecule has 21 heavy (non-hydrogen) atoms. The lowest BCUT2D eigenvalue weighted by Gasteiger charge is -2.13. The van der Waals surface area contributed by atoms with Gasteiger partial charge in [0.2, 0.25) is 0 Å². The predicted molar refractivity (Wildman–Crippen MR) is 83.1 cm³/mol. The predicted octanol–water partition coefficient (Wildman–Crippen LogP) is 2.76. The fourth-order valence-corrected chi connectivity index (χ4v) is 1.99. The maximum atomic E-state index is 11.8. The minimum absolute atomic E-state index is 0.322. The van der Waals surface area contributed by atoms with Gasteiger partial charge in [-0.3, -0.25) is 4.98 Å². The summed E-state index contributed by atoms with van der Waals surface area (Å²) in [6.07, 6.45) is 1.75. The number of nitrogens with one attached hydrogen (secondary N) is 1. The molecule has 0 aliphatic rings. The van der Waals surface area contributed by atoms with Crippen LogP contribution < -0.4 is 11.1 Å². The van der Waals surface area contributed by atoms with E-state index in [1.54, 1.807) is 25.3 Å². The normalized spacial score (nSPS) is 10.2. The van der Waals surface area contributed by atoms with Crippen LogP contribution in [-0.4, -0.2) is 17.6 Å². The van der Waals surface area contributed by atoms with Gasteiger partial charge in [0.25, 0.3) is 0 Å². The first-order valence-corrected chi connectivity index (χ1v) is 6.83. The van der Waals surface area contributed by atoms with Gasteiger partial charge in [0.1, 0.15) is 0 Å². The van der Waals surface area contributed by atoms with E-state index < -0.39 is 5.97 Å². The minimum atomic E-state index is -0.410. The van der Waals surface area contributed by atoms with Gasteiger partial charge in [0.05, 0.1) is 35.8 Å². The summed E-state index contributed by atoms with van der Waals surface area (Å²) in [5.41, 5.74) is 9.55. The molecular weight excluding hydrogens is 266 g/mol. The van der Waals surface area contributed by atoms with Gasteiger partial charge < -0.3 is 15.8 Å². The number of carbonyl (C=O) groups is 1. The highest BCUT2D eigenvalue weighted by Gasteiger charge is 2.13. The number of esters is 1. The Kier molecular flexibility index (Phi) is 4.77. The number of aromatic nitrogens is 1. The van der Waals surface area contributed by atoms with E-state index in [2.05, 4.69) is 10.3 Å². The summed E-state index contributed by atoms with van der Waals surface area (Å²) in [7, 11) is 0. The third-order valence-electron chi connectivity index (χ3n) is 3.17. The van der Waals surface area contributed by atoms with Crippen LogP contribution in [0.5, 0.6) is 0 Å². The van der Waals surface area contributed by atoms with Crippen LogP contribution in [0.2, 0.25) is 0 Å². The number of nitrogens with two attached hydrogens (primary N) is 1. The van der Waals surface area contributed by atoms with Crippen LogP contribution in [0, 0.1) is 6.92 Å². The smallest absolute Gasteiger partial charge is 0.340 e. The van der Waals surface area contributed by atoms with Crippen molar-refractivity contribution in [3.8, 4) is 0 Å². The van der Waals surface area contributed by atoms with Crippen molar-refractivity contribution in [3.05, 3.63) is 53.3 Å². The summed E-state index contributed by atoms with van der Waals surface area (Å²) in [4.78, 5) is 16.1. The molecule has 0 amide bonds. The molecule has 0 saturated carbocycles. The Hall–Kier alpha value is -2.56. The lowest BCUT2D eigenvalue weighted by molar-refractivity contribution is 0.0527. The number of rotatable bonds is 5. The van der Waals surface area contributed by atoms with Crippen LogP contribution in [-0.2, 0) is 11.3 Å². The van der Waals surface area contributed by atoms with Crippen LogP contribution in [0.3, 0.4) is 0 Å². The van der Waals surface area contributed by atoms with Gasteiger partial charge in [-0.15, -0.1) is 0 Å². The van der Waals surface area contributed by atoms with Crippen LogP contribution >= 0.6 is 0 Å². The van der Waals surface area contributed by atoms with Crippen molar-refractivity contribution in [2.24, 2.45) is 0 Å². The summed E-state index contributed by atoms with van der Waals surface area (Å²) >= 11 is 0. The summed E-state index contributed by atoms with van der Waals surface area (Å²) in [5, 5.41) is 3.21. The number of hydrogen-bond donors (Lipinski definition) is 2. The largest absolute Gasteiger partial charge is 0.462 e. The highest BCUT2D eigenvalue weighted by Crippen LogP contribution is 2.24. The maximum Gasteiger partial charge on any atom is 0.340 e. The molecule has 0 unspecified atom stereocenters. The van der Waals surface area contributed by atoms with Crippen molar-refractivity contribution in [1.29, 1.82) is 0 Å². The van der Waals surface area contributed by atoms with Crippen LogP contribution in [0.25, 0.3) is 0 Å². The Morgan fingerprint density at radius 1 is 1.33 bits per heavy atom. The number of pyridine rings is 1. The molecule has 3 N–H and O–H groups in total. The first-order valence-electron chi connectivity index (χ1n) is 6.83. The second-order valence-electron chi connectivity index (χ2n) is 4.61.